The third kappa shape index (κ3) is 4.59. The van der Waals surface area contributed by atoms with Crippen LogP contribution in [0.4, 0.5) is 0 Å². The van der Waals surface area contributed by atoms with Crippen LogP contribution >= 0.6 is 0 Å². The highest BCUT2D eigenvalue weighted by Gasteiger charge is 2.37. The second-order valence-corrected chi connectivity index (χ2v) is 7.70. The number of likely N-dealkylation sites (tertiary alicyclic amines) is 1. The standard InChI is InChI=1S/C21H32N2O5/c1-15-6-8-22(9-7-15)13-20(25)23-10-11-28-19(14-24)21(23)16-4-5-17(26-2)18(12-16)27-3/h4-5,12,15,19,21,24H,6-11,13-14H2,1-3H3/t19-,21-/m1/s1. The van der Waals surface area contributed by atoms with Crippen molar-refractivity contribution in [3.63, 3.8) is 0 Å². The van der Waals surface area contributed by atoms with Crippen LogP contribution in [-0.4, -0.2) is 80.5 Å². The largest absolute Gasteiger partial charge is 0.493 e. The Morgan fingerprint density at radius 1 is 1.18 bits per heavy atom. The molecule has 3 rings (SSSR count). The van der Waals surface area contributed by atoms with Gasteiger partial charge in [0.2, 0.25) is 5.91 Å². The van der Waals surface area contributed by atoms with Crippen LogP contribution in [0, 0.1) is 5.92 Å². The summed E-state index contributed by atoms with van der Waals surface area (Å²) in [6.07, 6.45) is 1.81. The van der Waals surface area contributed by atoms with E-state index >= 15 is 0 Å². The zero-order chi connectivity index (χ0) is 20.1. The van der Waals surface area contributed by atoms with Gasteiger partial charge in [-0.05, 0) is 49.5 Å². The Balaban J connectivity index is 1.81. The molecule has 0 spiro atoms. The molecule has 0 unspecified atom stereocenters. The first-order chi connectivity index (χ1) is 13.6. The predicted molar refractivity (Wildman–Crippen MR) is 106 cm³/mol. The van der Waals surface area contributed by atoms with Gasteiger partial charge in [-0.1, -0.05) is 13.0 Å². The summed E-state index contributed by atoms with van der Waals surface area (Å²) in [5, 5.41) is 9.87. The fourth-order valence-electron chi connectivity index (χ4n) is 4.10. The van der Waals surface area contributed by atoms with Crippen molar-refractivity contribution in [3.8, 4) is 11.5 Å². The van der Waals surface area contributed by atoms with Gasteiger partial charge >= 0.3 is 0 Å². The smallest absolute Gasteiger partial charge is 0.237 e. The van der Waals surface area contributed by atoms with Gasteiger partial charge in [0.1, 0.15) is 6.10 Å². The number of aliphatic hydroxyl groups excluding tert-OH is 1. The molecule has 0 saturated carbocycles. The lowest BCUT2D eigenvalue weighted by atomic mass is 9.97. The van der Waals surface area contributed by atoms with Crippen LogP contribution in [0.15, 0.2) is 18.2 Å². The monoisotopic (exact) mass is 392 g/mol. The number of amides is 1. The first-order valence-corrected chi connectivity index (χ1v) is 10.0. The van der Waals surface area contributed by atoms with Crippen LogP contribution < -0.4 is 9.47 Å². The number of nitrogens with zero attached hydrogens (tertiary/aromatic N) is 2. The molecule has 2 heterocycles. The minimum Gasteiger partial charge on any atom is -0.493 e. The number of aliphatic hydroxyl groups is 1. The van der Waals surface area contributed by atoms with Crippen molar-refractivity contribution >= 4 is 5.91 Å². The van der Waals surface area contributed by atoms with Crippen LogP contribution in [-0.2, 0) is 9.53 Å². The summed E-state index contributed by atoms with van der Waals surface area (Å²) in [4.78, 5) is 17.2. The fourth-order valence-corrected chi connectivity index (χ4v) is 4.10. The number of hydrogen-bond acceptors (Lipinski definition) is 6. The maximum Gasteiger partial charge on any atom is 0.237 e. The lowest BCUT2D eigenvalue weighted by Crippen LogP contribution is -2.52. The molecule has 1 aromatic rings. The average molecular weight is 392 g/mol. The molecule has 7 nitrogen and oxygen atoms in total. The van der Waals surface area contributed by atoms with Crippen LogP contribution in [0.5, 0.6) is 11.5 Å². The fraction of sp³-hybridized carbons (Fsp3) is 0.667. The first kappa shape index (κ1) is 20.9. The first-order valence-electron chi connectivity index (χ1n) is 10.0. The molecule has 156 valence electrons. The van der Waals surface area contributed by atoms with Crippen molar-refractivity contribution in [1.82, 2.24) is 9.80 Å². The summed E-state index contributed by atoms with van der Waals surface area (Å²) in [6, 6.07) is 5.25. The third-order valence-electron chi connectivity index (χ3n) is 5.84. The van der Waals surface area contributed by atoms with Gasteiger partial charge in [0.15, 0.2) is 11.5 Å². The Morgan fingerprint density at radius 2 is 1.89 bits per heavy atom. The van der Waals surface area contributed by atoms with Crippen molar-refractivity contribution < 1.29 is 24.1 Å². The van der Waals surface area contributed by atoms with E-state index in [4.69, 9.17) is 14.2 Å². The molecule has 1 aromatic carbocycles. The molecule has 28 heavy (non-hydrogen) atoms. The molecule has 2 aliphatic heterocycles. The number of piperidine rings is 1. The highest BCUT2D eigenvalue weighted by molar-refractivity contribution is 5.79. The normalized spacial score (nSPS) is 24.2. The molecular weight excluding hydrogens is 360 g/mol. The summed E-state index contributed by atoms with van der Waals surface area (Å²) < 4.78 is 16.5. The van der Waals surface area contributed by atoms with Crippen LogP contribution in [0.3, 0.4) is 0 Å². The molecule has 0 aromatic heterocycles. The van der Waals surface area contributed by atoms with E-state index in [-0.39, 0.29) is 18.6 Å². The third-order valence-corrected chi connectivity index (χ3v) is 5.84. The molecular formula is C21H32N2O5. The Bertz CT molecular complexity index is 660. The molecule has 0 radical (unpaired) electrons. The van der Waals surface area contributed by atoms with Crippen molar-refractivity contribution in [1.29, 1.82) is 0 Å². The van der Waals surface area contributed by atoms with Gasteiger partial charge in [-0.3, -0.25) is 9.69 Å². The quantitative estimate of drug-likeness (QED) is 0.795. The number of carbonyl (C=O) groups excluding carboxylic acids is 1. The topological polar surface area (TPSA) is 71.5 Å². The van der Waals surface area contributed by atoms with Gasteiger partial charge in [-0.15, -0.1) is 0 Å². The van der Waals surface area contributed by atoms with Gasteiger partial charge < -0.3 is 24.2 Å². The van der Waals surface area contributed by atoms with Crippen LogP contribution in [0.1, 0.15) is 31.4 Å². The Kier molecular flexibility index (Phi) is 7.15. The van der Waals surface area contributed by atoms with E-state index < -0.39 is 6.10 Å². The van der Waals surface area contributed by atoms with Gasteiger partial charge in [0.25, 0.3) is 0 Å². The van der Waals surface area contributed by atoms with Crippen LogP contribution in [0.25, 0.3) is 0 Å². The van der Waals surface area contributed by atoms with Gasteiger partial charge in [-0.25, -0.2) is 0 Å². The molecule has 2 atom stereocenters. The Labute approximate surface area is 167 Å². The molecule has 1 amide bonds. The summed E-state index contributed by atoms with van der Waals surface area (Å²) in [7, 11) is 3.18. The van der Waals surface area contributed by atoms with Gasteiger partial charge in [0.05, 0.1) is 40.0 Å². The number of carbonyl (C=O) groups is 1. The zero-order valence-electron chi connectivity index (χ0n) is 17.1. The SMILES string of the molecule is COc1ccc([C@@H]2[C@@H](CO)OCCN2C(=O)CN2CCC(C)CC2)cc1OC. The Hall–Kier alpha value is -1.83. The molecule has 2 fully saturated rings. The number of ether oxygens (including phenoxy) is 3. The molecule has 7 heteroatoms. The van der Waals surface area contributed by atoms with Crippen molar-refractivity contribution in [2.75, 3.05) is 53.6 Å². The number of hydrogen-bond donors (Lipinski definition) is 1. The molecule has 2 aliphatic rings. The zero-order valence-corrected chi connectivity index (χ0v) is 17.1. The molecule has 0 bridgehead atoms. The summed E-state index contributed by atoms with van der Waals surface area (Å²) >= 11 is 0. The molecule has 1 N–H and O–H groups in total. The van der Waals surface area contributed by atoms with Crippen LogP contribution in [0.2, 0.25) is 0 Å². The van der Waals surface area contributed by atoms with E-state index in [1.54, 1.807) is 14.2 Å². The van der Waals surface area contributed by atoms with Crippen molar-refractivity contribution in [2.24, 2.45) is 5.92 Å². The highest BCUT2D eigenvalue weighted by Crippen LogP contribution is 2.35. The number of rotatable bonds is 6. The van der Waals surface area contributed by atoms with Gasteiger partial charge in [0, 0.05) is 6.54 Å². The molecule has 2 saturated heterocycles. The number of morpholine rings is 1. The van der Waals surface area contributed by atoms with E-state index in [9.17, 15) is 9.90 Å². The van der Waals surface area contributed by atoms with E-state index in [1.807, 2.05) is 23.1 Å². The maximum absolute atomic E-state index is 13.2. The second-order valence-electron chi connectivity index (χ2n) is 7.70. The van der Waals surface area contributed by atoms with E-state index in [2.05, 4.69) is 11.8 Å². The van der Waals surface area contributed by atoms with Gasteiger partial charge in [-0.2, -0.15) is 0 Å². The average Bonchev–Trinajstić information content (AvgIpc) is 2.74. The second kappa shape index (κ2) is 9.58. The maximum atomic E-state index is 13.2. The molecule has 0 aliphatic carbocycles. The Morgan fingerprint density at radius 3 is 2.54 bits per heavy atom. The van der Waals surface area contributed by atoms with E-state index in [1.165, 1.54) is 0 Å². The summed E-state index contributed by atoms with van der Waals surface area (Å²) in [6.45, 7) is 5.39. The van der Waals surface area contributed by atoms with Crippen molar-refractivity contribution in [3.05, 3.63) is 23.8 Å². The predicted octanol–water partition coefficient (Wildman–Crippen LogP) is 1.70. The lowest BCUT2D eigenvalue weighted by Gasteiger charge is -2.42. The van der Waals surface area contributed by atoms with Crippen molar-refractivity contribution in [2.45, 2.75) is 31.9 Å². The summed E-state index contributed by atoms with van der Waals surface area (Å²) in [5.41, 5.74) is 0.872. The number of benzene rings is 1. The minimum atomic E-state index is -0.461. The lowest BCUT2D eigenvalue weighted by molar-refractivity contribution is -0.151. The van der Waals surface area contributed by atoms with E-state index in [0.29, 0.717) is 31.2 Å². The number of methoxy groups -OCH3 is 2. The minimum absolute atomic E-state index is 0.0797. The highest BCUT2D eigenvalue weighted by atomic mass is 16.5. The van der Waals surface area contributed by atoms with E-state index in [0.717, 1.165) is 37.4 Å². The summed E-state index contributed by atoms with van der Waals surface area (Å²) in [5.74, 6) is 2.03.